The number of nitrogens with one attached hydrogen (secondary N) is 1. The highest BCUT2D eigenvalue weighted by Gasteiger charge is 2.43. The molecule has 2 aliphatic rings. The lowest BCUT2D eigenvalue weighted by Crippen LogP contribution is -2.33. The summed E-state index contributed by atoms with van der Waals surface area (Å²) in [6.07, 6.45) is 3.41. The number of benzene rings is 2. The molecule has 0 spiro atoms. The zero-order chi connectivity index (χ0) is 24.0. The van der Waals surface area contributed by atoms with E-state index in [9.17, 15) is 4.79 Å². The molecule has 0 radical (unpaired) electrons. The van der Waals surface area contributed by atoms with Gasteiger partial charge in [-0.25, -0.2) is 9.37 Å². The molecule has 3 N–H and O–H groups in total. The van der Waals surface area contributed by atoms with Gasteiger partial charge in [0.25, 0.3) is 5.91 Å². The van der Waals surface area contributed by atoms with Gasteiger partial charge in [-0.3, -0.25) is 14.7 Å². The zero-order valence-corrected chi connectivity index (χ0v) is 19.7. The second-order valence-electron chi connectivity index (χ2n) is 9.15. The molecule has 1 atom stereocenters. The predicted octanol–water partition coefficient (Wildman–Crippen LogP) is 3.90. The van der Waals surface area contributed by atoms with E-state index in [-0.39, 0.29) is 23.3 Å². The smallest absolute Gasteiger partial charge is 0.275 e. The number of carbonyl (C=O) groups is 1. The number of nitrogens with zero attached hydrogens (tertiary/aromatic N) is 4. The van der Waals surface area contributed by atoms with Crippen molar-refractivity contribution in [2.75, 3.05) is 32.1 Å². The molecule has 0 aliphatic carbocycles. The molecule has 1 unspecified atom stereocenters. The topological polar surface area (TPSA) is 90.6 Å². The predicted molar refractivity (Wildman–Crippen MR) is 132 cm³/mol. The molecular weight excluding hydrogens is 431 g/mol. The molecule has 8 heteroatoms. The number of halogens is 1. The number of carbonyl (C=O) groups excluding carboxylic acids is 1. The van der Waals surface area contributed by atoms with Crippen molar-refractivity contribution in [3.63, 3.8) is 0 Å². The monoisotopic (exact) mass is 460 g/mol. The van der Waals surface area contributed by atoms with E-state index in [4.69, 9.17) is 5.73 Å². The maximum Gasteiger partial charge on any atom is 0.275 e. The zero-order valence-electron chi connectivity index (χ0n) is 19.7. The molecule has 0 bridgehead atoms. The van der Waals surface area contributed by atoms with Crippen molar-refractivity contribution in [2.24, 2.45) is 10.7 Å². The lowest BCUT2D eigenvalue weighted by atomic mass is 9.86. The Morgan fingerprint density at radius 1 is 1.21 bits per heavy atom. The van der Waals surface area contributed by atoms with Crippen LogP contribution in [0, 0.1) is 5.82 Å². The van der Waals surface area contributed by atoms with E-state index in [1.807, 2.05) is 37.3 Å². The Hall–Kier alpha value is -3.52. The van der Waals surface area contributed by atoms with E-state index in [1.54, 1.807) is 24.3 Å². The molecule has 3 heterocycles. The van der Waals surface area contributed by atoms with Crippen molar-refractivity contribution < 1.29 is 9.18 Å². The Bertz CT molecular complexity index is 1320. The van der Waals surface area contributed by atoms with Crippen molar-refractivity contribution in [3.05, 3.63) is 70.9 Å². The standard InChI is InChI=1S/C26H29FN6O/c1-15(29-2)22-24(28)26(34)33(17-7-8-20-21(13-17)31-14-30-20)25(22)19-6-4-5-18(23(19)27)16-9-11-32(3)12-10-16/h4-8,13-14,16,25H,9-12,28H2,1-3H3,(H,30,31). The van der Waals surface area contributed by atoms with E-state index in [2.05, 4.69) is 26.9 Å². The number of aromatic nitrogens is 2. The van der Waals surface area contributed by atoms with Crippen LogP contribution in [0.4, 0.5) is 10.1 Å². The lowest BCUT2D eigenvalue weighted by molar-refractivity contribution is -0.114. The molecule has 34 heavy (non-hydrogen) atoms. The first kappa shape index (κ1) is 22.3. The van der Waals surface area contributed by atoms with Crippen LogP contribution in [0.5, 0.6) is 0 Å². The fraction of sp³-hybridized carbons (Fsp3) is 0.346. The van der Waals surface area contributed by atoms with E-state index in [0.717, 1.165) is 37.0 Å². The van der Waals surface area contributed by atoms with Crippen molar-refractivity contribution in [3.8, 4) is 0 Å². The van der Waals surface area contributed by atoms with Gasteiger partial charge in [-0.05, 0) is 69.6 Å². The molecule has 1 amide bonds. The Kier molecular flexibility index (Phi) is 5.69. The fourth-order valence-electron chi connectivity index (χ4n) is 5.20. The van der Waals surface area contributed by atoms with Gasteiger partial charge in [-0.1, -0.05) is 18.2 Å². The summed E-state index contributed by atoms with van der Waals surface area (Å²) >= 11 is 0. The van der Waals surface area contributed by atoms with Crippen LogP contribution >= 0.6 is 0 Å². The number of likely N-dealkylation sites (tertiary alicyclic amines) is 1. The summed E-state index contributed by atoms with van der Waals surface area (Å²) in [7, 11) is 3.75. The largest absolute Gasteiger partial charge is 0.394 e. The maximum absolute atomic E-state index is 16.2. The molecule has 3 aromatic rings. The molecule has 5 rings (SSSR count). The van der Waals surface area contributed by atoms with Crippen LogP contribution in [-0.2, 0) is 4.79 Å². The number of aromatic amines is 1. The average Bonchev–Trinajstić information content (AvgIpc) is 3.41. The third kappa shape index (κ3) is 3.58. The van der Waals surface area contributed by atoms with Crippen molar-refractivity contribution >= 4 is 28.3 Å². The van der Waals surface area contributed by atoms with Crippen LogP contribution in [0.15, 0.2) is 59.0 Å². The first-order chi connectivity index (χ1) is 16.4. The van der Waals surface area contributed by atoms with Crippen molar-refractivity contribution in [2.45, 2.75) is 31.7 Å². The highest BCUT2D eigenvalue weighted by molar-refractivity contribution is 6.18. The highest BCUT2D eigenvalue weighted by atomic mass is 19.1. The van der Waals surface area contributed by atoms with Gasteiger partial charge in [-0.15, -0.1) is 0 Å². The van der Waals surface area contributed by atoms with Crippen LogP contribution in [0.25, 0.3) is 11.0 Å². The molecule has 1 fully saturated rings. The number of rotatable bonds is 4. The van der Waals surface area contributed by atoms with Gasteiger partial charge < -0.3 is 15.6 Å². The molecule has 1 saturated heterocycles. The summed E-state index contributed by atoms with van der Waals surface area (Å²) in [4.78, 5) is 29.0. The first-order valence-corrected chi connectivity index (χ1v) is 11.6. The molecule has 176 valence electrons. The molecule has 7 nitrogen and oxygen atoms in total. The van der Waals surface area contributed by atoms with Crippen LogP contribution in [0.3, 0.4) is 0 Å². The fourth-order valence-corrected chi connectivity index (χ4v) is 5.20. The van der Waals surface area contributed by atoms with Gasteiger partial charge in [0.1, 0.15) is 11.5 Å². The van der Waals surface area contributed by atoms with Crippen LogP contribution in [0.2, 0.25) is 0 Å². The normalized spacial score (nSPS) is 20.7. The third-order valence-electron chi connectivity index (χ3n) is 7.19. The van der Waals surface area contributed by atoms with E-state index in [0.29, 0.717) is 28.1 Å². The third-order valence-corrected chi connectivity index (χ3v) is 7.19. The number of hydrogen-bond donors (Lipinski definition) is 2. The molecule has 1 aromatic heterocycles. The van der Waals surface area contributed by atoms with Gasteiger partial charge >= 0.3 is 0 Å². The number of nitrogens with two attached hydrogens (primary N) is 1. The van der Waals surface area contributed by atoms with Crippen LogP contribution in [-0.4, -0.2) is 53.7 Å². The van der Waals surface area contributed by atoms with Crippen molar-refractivity contribution in [1.82, 2.24) is 14.9 Å². The van der Waals surface area contributed by atoms with Gasteiger partial charge in [0, 0.05) is 29.6 Å². The van der Waals surface area contributed by atoms with Crippen LogP contribution in [0.1, 0.15) is 42.9 Å². The second kappa shape index (κ2) is 8.68. The van der Waals surface area contributed by atoms with E-state index >= 15 is 4.39 Å². The summed E-state index contributed by atoms with van der Waals surface area (Å²) in [6.45, 7) is 3.68. The number of imidazole rings is 1. The van der Waals surface area contributed by atoms with Gasteiger partial charge in [0.05, 0.1) is 23.4 Å². The van der Waals surface area contributed by atoms with Crippen molar-refractivity contribution in [1.29, 1.82) is 0 Å². The SMILES string of the molecule is CN=C(C)C1=C(N)C(=O)N(c2ccc3nc[nH]c3c2)C1c1cccc(C2CCN(C)CC2)c1F. The number of piperidine rings is 1. The Labute approximate surface area is 198 Å². The second-order valence-corrected chi connectivity index (χ2v) is 9.15. The minimum atomic E-state index is -0.706. The maximum atomic E-state index is 16.2. The first-order valence-electron chi connectivity index (χ1n) is 11.6. The Morgan fingerprint density at radius 2 is 1.94 bits per heavy atom. The summed E-state index contributed by atoms with van der Waals surface area (Å²) < 4.78 is 16.2. The number of anilines is 1. The number of hydrogen-bond acceptors (Lipinski definition) is 5. The molecule has 0 saturated carbocycles. The number of H-pyrrole nitrogens is 1. The number of fused-ring (bicyclic) bond motifs is 1. The minimum Gasteiger partial charge on any atom is -0.394 e. The minimum absolute atomic E-state index is 0.0990. The number of aliphatic imine (C=N–C) groups is 1. The van der Waals surface area contributed by atoms with E-state index in [1.165, 1.54) is 0 Å². The molecule has 2 aromatic carbocycles. The van der Waals surface area contributed by atoms with Gasteiger partial charge in [0.2, 0.25) is 0 Å². The Balaban J connectivity index is 1.65. The van der Waals surface area contributed by atoms with Crippen LogP contribution < -0.4 is 10.6 Å². The quantitative estimate of drug-likeness (QED) is 0.578. The molecular formula is C26H29FN6O. The van der Waals surface area contributed by atoms with Gasteiger partial charge in [0.15, 0.2) is 0 Å². The average molecular weight is 461 g/mol. The highest BCUT2D eigenvalue weighted by Crippen LogP contribution is 2.43. The summed E-state index contributed by atoms with van der Waals surface area (Å²) in [6, 6.07) is 10.3. The summed E-state index contributed by atoms with van der Waals surface area (Å²) in [5, 5.41) is 0. The van der Waals surface area contributed by atoms with Gasteiger partial charge in [-0.2, -0.15) is 0 Å². The number of amides is 1. The lowest BCUT2D eigenvalue weighted by Gasteiger charge is -2.31. The van der Waals surface area contributed by atoms with E-state index < -0.39 is 6.04 Å². The molecule has 2 aliphatic heterocycles. The summed E-state index contributed by atoms with van der Waals surface area (Å²) in [5.74, 6) is -0.474. The summed E-state index contributed by atoms with van der Waals surface area (Å²) in [5.41, 5.74) is 11.0. The Morgan fingerprint density at radius 3 is 2.68 bits per heavy atom.